The second-order valence-electron chi connectivity index (χ2n) is 14.8. The van der Waals surface area contributed by atoms with Crippen LogP contribution in [-0.2, 0) is 0 Å². The number of rotatable bonds is 5. The van der Waals surface area contributed by atoms with E-state index in [1.54, 1.807) is 0 Å². The Bertz CT molecular complexity index is 3830. The van der Waals surface area contributed by atoms with Gasteiger partial charge in [-0.15, -0.1) is 0 Å². The second kappa shape index (κ2) is 12.1. The van der Waals surface area contributed by atoms with Crippen LogP contribution in [-0.4, -0.2) is 15.0 Å². The fraction of sp³-hybridized carbons (Fsp3) is 0. The zero-order chi connectivity index (χ0) is 38.6. The summed E-state index contributed by atoms with van der Waals surface area (Å²) >= 11 is 0. The van der Waals surface area contributed by atoms with Crippen LogP contribution in [0.3, 0.4) is 0 Å². The largest absolute Gasteiger partial charge is 0.456 e. The van der Waals surface area contributed by atoms with Crippen LogP contribution in [0, 0.1) is 0 Å². The highest BCUT2D eigenvalue weighted by molar-refractivity contribution is 6.14. The van der Waals surface area contributed by atoms with Crippen LogP contribution in [0.4, 0.5) is 17.3 Å². The molecule has 0 aliphatic rings. The molecule has 8 nitrogen and oxygen atoms in total. The summed E-state index contributed by atoms with van der Waals surface area (Å²) in [5, 5.41) is 8.02. The molecule has 0 aliphatic carbocycles. The number of benzene rings is 8. The normalized spacial score (nSPS) is 12.1. The van der Waals surface area contributed by atoms with Gasteiger partial charge in [0, 0.05) is 48.8 Å². The average molecular weight is 761 g/mol. The van der Waals surface area contributed by atoms with E-state index < -0.39 is 0 Å². The number of para-hydroxylation sites is 4. The van der Waals surface area contributed by atoms with Crippen molar-refractivity contribution in [2.24, 2.45) is 0 Å². The van der Waals surface area contributed by atoms with Crippen molar-refractivity contribution in [2.75, 3.05) is 4.90 Å². The topological polar surface area (TPSA) is 94.5 Å². The van der Waals surface area contributed by atoms with Gasteiger partial charge in [-0.2, -0.15) is 9.97 Å². The monoisotopic (exact) mass is 760 g/mol. The number of nitrogens with zero attached hydrogens (tertiary/aromatic N) is 4. The summed E-state index contributed by atoms with van der Waals surface area (Å²) in [6.45, 7) is 0. The maximum atomic E-state index is 6.44. The van der Waals surface area contributed by atoms with Crippen molar-refractivity contribution in [2.45, 2.75) is 0 Å². The molecule has 0 radical (unpaired) electrons. The molecule has 8 heteroatoms. The van der Waals surface area contributed by atoms with Gasteiger partial charge >= 0.3 is 0 Å². The summed E-state index contributed by atoms with van der Waals surface area (Å²) in [5.41, 5.74) is 9.66. The van der Waals surface area contributed by atoms with Gasteiger partial charge in [-0.3, -0.25) is 4.90 Å². The molecule has 0 bridgehead atoms. The number of anilines is 3. The molecule has 276 valence electrons. The van der Waals surface area contributed by atoms with E-state index in [2.05, 4.69) is 65.6 Å². The lowest BCUT2D eigenvalue weighted by molar-refractivity contribution is 0.668. The van der Waals surface area contributed by atoms with Crippen LogP contribution >= 0.6 is 0 Å². The summed E-state index contributed by atoms with van der Waals surface area (Å²) in [6, 6.07) is 56.9. The zero-order valence-electron chi connectivity index (χ0n) is 31.1. The summed E-state index contributed by atoms with van der Waals surface area (Å²) < 4.78 is 25.3. The first-order valence-electron chi connectivity index (χ1n) is 19.4. The van der Waals surface area contributed by atoms with Gasteiger partial charge in [0.1, 0.15) is 44.7 Å². The van der Waals surface area contributed by atoms with Gasteiger partial charge < -0.3 is 17.7 Å². The van der Waals surface area contributed by atoms with Crippen molar-refractivity contribution in [3.63, 3.8) is 0 Å². The van der Waals surface area contributed by atoms with Crippen molar-refractivity contribution < 1.29 is 17.7 Å². The molecule has 5 heterocycles. The van der Waals surface area contributed by atoms with Crippen LogP contribution in [0.2, 0.25) is 0 Å². The van der Waals surface area contributed by atoms with E-state index in [0.29, 0.717) is 17.6 Å². The predicted octanol–water partition coefficient (Wildman–Crippen LogP) is 14.3. The van der Waals surface area contributed by atoms with Crippen molar-refractivity contribution in [1.29, 1.82) is 0 Å². The summed E-state index contributed by atoms with van der Waals surface area (Å²) in [6.07, 6.45) is 0. The number of furan rings is 4. The van der Waals surface area contributed by atoms with Crippen molar-refractivity contribution in [3.05, 3.63) is 170 Å². The Morgan fingerprint density at radius 2 is 0.797 bits per heavy atom. The quantitative estimate of drug-likeness (QED) is 0.171. The Balaban J connectivity index is 1.10. The standard InChI is InChI=1S/C51H28N4O4/c1-5-15-40-32(10-1)35-23-20-30(27-47(35)59-40)50-52-49(29-21-24-44-37(26-29)33-11-2-6-16-41(33)56-44)53-51(54-50)55(31-22-25-45-38(28-31)34-12-3-7-17-42(34)57-45)39-14-9-19-46-48(39)36-13-4-8-18-43(36)58-46/h1-28H. The molecular weight excluding hydrogens is 733 g/mol. The summed E-state index contributed by atoms with van der Waals surface area (Å²) in [4.78, 5) is 18.0. The molecule has 0 fully saturated rings. The number of hydrogen-bond donors (Lipinski definition) is 0. The lowest BCUT2D eigenvalue weighted by atomic mass is 10.1. The molecule has 0 spiro atoms. The minimum absolute atomic E-state index is 0.428. The van der Waals surface area contributed by atoms with Gasteiger partial charge in [-0.05, 0) is 84.9 Å². The highest BCUT2D eigenvalue weighted by Gasteiger charge is 2.25. The maximum absolute atomic E-state index is 6.44. The van der Waals surface area contributed by atoms with E-state index >= 15 is 0 Å². The molecule has 0 aliphatic heterocycles. The van der Waals surface area contributed by atoms with Gasteiger partial charge in [0.15, 0.2) is 11.6 Å². The lowest BCUT2D eigenvalue weighted by Crippen LogP contribution is -2.15. The lowest BCUT2D eigenvalue weighted by Gasteiger charge is -2.25. The number of hydrogen-bond acceptors (Lipinski definition) is 8. The van der Waals surface area contributed by atoms with Crippen LogP contribution in [0.5, 0.6) is 0 Å². The molecule has 5 aromatic heterocycles. The van der Waals surface area contributed by atoms with Crippen molar-refractivity contribution in [3.8, 4) is 22.8 Å². The first-order valence-corrected chi connectivity index (χ1v) is 19.4. The highest BCUT2D eigenvalue weighted by atomic mass is 16.3. The number of aromatic nitrogens is 3. The maximum Gasteiger partial charge on any atom is 0.238 e. The molecule has 0 atom stereocenters. The van der Waals surface area contributed by atoms with Gasteiger partial charge in [-0.25, -0.2) is 4.98 Å². The third-order valence-electron chi connectivity index (χ3n) is 11.3. The minimum atomic E-state index is 0.428. The van der Waals surface area contributed by atoms with E-state index in [1.807, 2.05) is 109 Å². The molecule has 0 amide bonds. The van der Waals surface area contributed by atoms with E-state index in [0.717, 1.165) is 110 Å². The van der Waals surface area contributed by atoms with Gasteiger partial charge in [0.05, 0.1) is 16.8 Å². The van der Waals surface area contributed by atoms with Crippen LogP contribution < -0.4 is 4.90 Å². The highest BCUT2D eigenvalue weighted by Crippen LogP contribution is 2.44. The Labute approximate surface area is 334 Å². The first kappa shape index (κ1) is 31.9. The molecule has 13 rings (SSSR count). The fourth-order valence-electron chi connectivity index (χ4n) is 8.61. The molecule has 0 N–H and O–H groups in total. The van der Waals surface area contributed by atoms with E-state index in [9.17, 15) is 0 Å². The predicted molar refractivity (Wildman–Crippen MR) is 234 cm³/mol. The van der Waals surface area contributed by atoms with Crippen LogP contribution in [0.15, 0.2) is 188 Å². The second-order valence-corrected chi connectivity index (χ2v) is 14.8. The SMILES string of the molecule is c1ccc2c(c1)oc1cc(-c3nc(-c4ccc5oc6ccccc6c5c4)nc(N(c4ccc5oc6ccccc6c5c4)c4cccc5oc6ccccc6c45)n3)ccc12. The van der Waals surface area contributed by atoms with E-state index in [-0.39, 0.29) is 0 Å². The van der Waals surface area contributed by atoms with Gasteiger partial charge in [-0.1, -0.05) is 84.9 Å². The molecule has 0 saturated heterocycles. The molecule has 0 unspecified atom stereocenters. The van der Waals surface area contributed by atoms with Crippen molar-refractivity contribution in [1.82, 2.24) is 15.0 Å². The van der Waals surface area contributed by atoms with E-state index in [1.165, 1.54) is 0 Å². The van der Waals surface area contributed by atoms with Gasteiger partial charge in [0.25, 0.3) is 0 Å². The Morgan fingerprint density at radius 1 is 0.322 bits per heavy atom. The average Bonchev–Trinajstić information content (AvgIpc) is 4.06. The number of fused-ring (bicyclic) bond motifs is 12. The third kappa shape index (κ3) is 4.87. The Hall–Kier alpha value is -8.23. The molecular formula is C51H28N4O4. The zero-order valence-corrected chi connectivity index (χ0v) is 31.1. The molecule has 13 aromatic rings. The first-order chi connectivity index (χ1) is 29.2. The molecule has 8 aromatic carbocycles. The third-order valence-corrected chi connectivity index (χ3v) is 11.3. The smallest absolute Gasteiger partial charge is 0.238 e. The Morgan fingerprint density at radius 3 is 1.49 bits per heavy atom. The Kier molecular flexibility index (Phi) is 6.56. The molecule has 59 heavy (non-hydrogen) atoms. The molecule has 0 saturated carbocycles. The minimum Gasteiger partial charge on any atom is -0.456 e. The van der Waals surface area contributed by atoms with E-state index in [4.69, 9.17) is 32.6 Å². The van der Waals surface area contributed by atoms with Crippen LogP contribution in [0.25, 0.3) is 111 Å². The summed E-state index contributed by atoms with van der Waals surface area (Å²) in [5.74, 6) is 1.43. The fourth-order valence-corrected chi connectivity index (χ4v) is 8.61. The van der Waals surface area contributed by atoms with Gasteiger partial charge in [0.2, 0.25) is 5.95 Å². The van der Waals surface area contributed by atoms with Crippen molar-refractivity contribution >= 4 is 105 Å². The van der Waals surface area contributed by atoms with Crippen LogP contribution in [0.1, 0.15) is 0 Å². The summed E-state index contributed by atoms with van der Waals surface area (Å²) in [7, 11) is 0.